The quantitative estimate of drug-likeness (QED) is 0.297. The van der Waals surface area contributed by atoms with Crippen LogP contribution in [0.4, 0.5) is 27.6 Å². The maximum atomic E-state index is 14.3. The van der Waals surface area contributed by atoms with Crippen LogP contribution in [0, 0.1) is 21.0 Å². The van der Waals surface area contributed by atoms with Crippen molar-refractivity contribution in [2.24, 2.45) is 0 Å². The van der Waals surface area contributed by atoms with Crippen molar-refractivity contribution in [1.82, 2.24) is 0 Å². The molecule has 0 saturated carbocycles. The van der Waals surface area contributed by atoms with Crippen LogP contribution in [0.5, 0.6) is 5.75 Å². The number of hydrogen-bond acceptors (Lipinski definition) is 2. The van der Waals surface area contributed by atoms with E-state index in [4.69, 9.17) is 0 Å². The number of carbonyl (C=O) groups excluding carboxylic acids is 1. The van der Waals surface area contributed by atoms with E-state index in [1.807, 2.05) is 5.32 Å². The van der Waals surface area contributed by atoms with Gasteiger partial charge < -0.3 is 10.1 Å². The Kier molecular flexibility index (Phi) is 4.19. The third-order valence-electron chi connectivity index (χ3n) is 3.30. The molecule has 24 heavy (non-hydrogen) atoms. The minimum absolute atomic E-state index is 0.182. The first-order valence-electron chi connectivity index (χ1n) is 6.27. The topological polar surface area (TPSA) is 38.3 Å². The zero-order chi connectivity index (χ0) is 17.8. The van der Waals surface area contributed by atoms with Crippen LogP contribution in [0.3, 0.4) is 0 Å². The van der Waals surface area contributed by atoms with Gasteiger partial charge in [-0.05, 0) is 40.0 Å². The van der Waals surface area contributed by atoms with Crippen molar-refractivity contribution in [1.29, 1.82) is 0 Å². The number of nitrogens with one attached hydrogen (secondary N) is 1. The average molecular weight is 473 g/mol. The predicted molar refractivity (Wildman–Crippen MR) is 88.0 cm³/mol. The van der Waals surface area contributed by atoms with E-state index in [-0.39, 0.29) is 11.0 Å². The second kappa shape index (κ2) is 5.80. The number of ether oxygens (including phenoxy) is 1. The summed E-state index contributed by atoms with van der Waals surface area (Å²) in [5.74, 6) is -5.95. The molecule has 1 unspecified atom stereocenters. The summed E-state index contributed by atoms with van der Waals surface area (Å²) in [6.45, 7) is 0. The summed E-state index contributed by atoms with van der Waals surface area (Å²) < 4.78 is 72.9. The molecule has 1 heterocycles. The Morgan fingerprint density at radius 3 is 2.46 bits per heavy atom. The molecule has 3 rings (SSSR count). The van der Waals surface area contributed by atoms with Gasteiger partial charge in [-0.25, -0.2) is 13.2 Å². The number of rotatable bonds is 1. The van der Waals surface area contributed by atoms with Gasteiger partial charge in [0.15, 0.2) is 17.4 Å². The van der Waals surface area contributed by atoms with E-state index in [0.29, 0.717) is 9.64 Å². The summed E-state index contributed by atoms with van der Waals surface area (Å²) >= 11 is 1.74. The maximum Gasteiger partial charge on any atom is 0.482 e. The van der Waals surface area contributed by atoms with Crippen LogP contribution in [0.2, 0.25) is 0 Å². The molecule has 0 bridgehead atoms. The lowest BCUT2D eigenvalue weighted by molar-refractivity contribution is -0.189. The highest BCUT2D eigenvalue weighted by Crippen LogP contribution is 2.40. The van der Waals surface area contributed by atoms with Crippen LogP contribution < -0.4 is 15.4 Å². The fourth-order valence-corrected chi connectivity index (χ4v) is 3.09. The molecule has 2 aromatic carbocycles. The van der Waals surface area contributed by atoms with E-state index in [1.54, 1.807) is 22.6 Å². The fraction of sp³-hybridized carbons (Fsp3) is 0.0714. The van der Waals surface area contributed by atoms with Crippen molar-refractivity contribution in [3.63, 3.8) is 0 Å². The van der Waals surface area contributed by atoms with E-state index in [9.17, 15) is 26.7 Å². The van der Waals surface area contributed by atoms with E-state index < -0.39 is 46.3 Å². The Morgan fingerprint density at radius 1 is 1.12 bits per heavy atom. The Bertz CT molecular complexity index is 864. The van der Waals surface area contributed by atoms with Gasteiger partial charge in [-0.15, -0.1) is 9.24 Å². The summed E-state index contributed by atoms with van der Waals surface area (Å²) in [6.07, 6.45) is -4.15. The largest absolute Gasteiger partial charge is 0.482 e. The molecule has 126 valence electrons. The van der Waals surface area contributed by atoms with Gasteiger partial charge in [-0.3, -0.25) is 4.79 Å². The fourth-order valence-electron chi connectivity index (χ4n) is 2.18. The maximum absolute atomic E-state index is 14.3. The predicted octanol–water partition coefficient (Wildman–Crippen LogP) is 3.80. The summed E-state index contributed by atoms with van der Waals surface area (Å²) in [6, 6.07) is 2.43. The minimum atomic E-state index is -4.15. The molecule has 1 aliphatic rings. The third kappa shape index (κ3) is 2.73. The molecule has 0 spiro atoms. The highest BCUT2D eigenvalue weighted by molar-refractivity contribution is 14.1. The number of carbonyl (C=O) groups is 1. The Hall–Kier alpha value is -1.48. The molecular formula is C14H6F5INO2P. The van der Waals surface area contributed by atoms with E-state index in [0.717, 1.165) is 12.1 Å². The smallest absolute Gasteiger partial charge is 0.423 e. The lowest BCUT2D eigenvalue weighted by Gasteiger charge is -2.25. The van der Waals surface area contributed by atoms with Crippen molar-refractivity contribution in [3.05, 3.63) is 39.2 Å². The minimum Gasteiger partial charge on any atom is -0.423 e. The number of amides is 1. The molecule has 1 atom stereocenters. The van der Waals surface area contributed by atoms with Crippen molar-refractivity contribution in [2.45, 2.75) is 6.11 Å². The van der Waals surface area contributed by atoms with Gasteiger partial charge in [0.05, 0.1) is 5.69 Å². The van der Waals surface area contributed by atoms with Crippen molar-refractivity contribution >= 4 is 48.7 Å². The molecule has 0 aliphatic carbocycles. The number of hydrogen-bond donors (Lipinski definition) is 1. The first kappa shape index (κ1) is 17.3. The molecule has 2 aromatic rings. The summed E-state index contributed by atoms with van der Waals surface area (Å²) in [5.41, 5.74) is -1.07. The number of benzene rings is 2. The van der Waals surface area contributed by atoms with Crippen LogP contribution in [0.25, 0.3) is 11.1 Å². The summed E-state index contributed by atoms with van der Waals surface area (Å²) in [7, 11) is 2.16. The number of halogens is 6. The number of fused-ring (bicyclic) bond motifs is 1. The first-order chi connectivity index (χ1) is 11.1. The van der Waals surface area contributed by atoms with Gasteiger partial charge in [0.2, 0.25) is 0 Å². The van der Waals surface area contributed by atoms with E-state index in [1.165, 1.54) is 0 Å². The van der Waals surface area contributed by atoms with Gasteiger partial charge in [0.25, 0.3) is 0 Å². The lowest BCUT2D eigenvalue weighted by Crippen LogP contribution is -2.43. The second-order valence-electron chi connectivity index (χ2n) is 4.84. The molecule has 3 nitrogen and oxygen atoms in total. The van der Waals surface area contributed by atoms with E-state index >= 15 is 0 Å². The highest BCUT2D eigenvalue weighted by Gasteiger charge is 2.46. The number of alkyl halides is 2. The van der Waals surface area contributed by atoms with Crippen LogP contribution in [-0.4, -0.2) is 12.0 Å². The van der Waals surface area contributed by atoms with Gasteiger partial charge >= 0.3 is 12.0 Å². The molecular weight excluding hydrogens is 467 g/mol. The summed E-state index contributed by atoms with van der Waals surface area (Å²) in [4.78, 5) is 11.2. The Morgan fingerprint density at radius 2 is 1.79 bits per heavy atom. The molecule has 1 N–H and O–H groups in total. The number of anilines is 1. The molecule has 0 saturated heterocycles. The molecule has 1 aliphatic heterocycles. The lowest BCUT2D eigenvalue weighted by atomic mass is 10.0. The normalized spacial score (nSPS) is 15.5. The zero-order valence-corrected chi connectivity index (χ0v) is 14.7. The molecule has 0 radical (unpaired) electrons. The molecule has 1 amide bonds. The van der Waals surface area contributed by atoms with Crippen LogP contribution in [-0.2, 0) is 4.79 Å². The van der Waals surface area contributed by atoms with Crippen molar-refractivity contribution in [2.75, 3.05) is 5.32 Å². The average Bonchev–Trinajstić information content (AvgIpc) is 2.48. The van der Waals surface area contributed by atoms with Gasteiger partial charge in [-0.2, -0.15) is 8.78 Å². The SMILES string of the molecule is O=C1Nc2cc(-c3c(F)c(F)cc(I)c3P)c(F)cc2OC1(F)F. The van der Waals surface area contributed by atoms with Gasteiger partial charge in [0, 0.05) is 20.8 Å². The van der Waals surface area contributed by atoms with Gasteiger partial charge in [0.1, 0.15) is 5.82 Å². The second-order valence-corrected chi connectivity index (χ2v) is 6.58. The highest BCUT2D eigenvalue weighted by atomic mass is 127. The van der Waals surface area contributed by atoms with Crippen molar-refractivity contribution in [3.8, 4) is 16.9 Å². The Balaban J connectivity index is 2.23. The van der Waals surface area contributed by atoms with E-state index in [2.05, 4.69) is 14.0 Å². The van der Waals surface area contributed by atoms with Gasteiger partial charge in [-0.1, -0.05) is 0 Å². The first-order valence-corrected chi connectivity index (χ1v) is 7.92. The standard InChI is InChI=1S/C14H6F5INO2P/c15-5-3-9-8(21-13(22)14(18,19)23-9)1-4(5)10-11(17)6(16)2-7(20)12(10)24/h1-3H,24H2,(H,21,22). The van der Waals surface area contributed by atoms with Crippen LogP contribution in [0.15, 0.2) is 18.2 Å². The molecule has 0 aromatic heterocycles. The van der Waals surface area contributed by atoms with Crippen molar-refractivity contribution < 1.29 is 31.5 Å². The zero-order valence-electron chi connectivity index (χ0n) is 11.4. The molecule has 10 heteroatoms. The van der Waals surface area contributed by atoms with Crippen LogP contribution in [0.1, 0.15) is 0 Å². The Labute approximate surface area is 147 Å². The van der Waals surface area contributed by atoms with Crippen LogP contribution >= 0.6 is 31.8 Å². The molecule has 0 fully saturated rings. The third-order valence-corrected chi connectivity index (χ3v) is 5.38. The monoisotopic (exact) mass is 473 g/mol. The summed E-state index contributed by atoms with van der Waals surface area (Å²) in [5, 5.41) is 2.03.